The number of carbonyl (C=O) groups excluding carboxylic acids is 3. The second-order valence-corrected chi connectivity index (χ2v) is 8.37. The number of aromatic nitrogens is 2. The van der Waals surface area contributed by atoms with Gasteiger partial charge in [-0.1, -0.05) is 35.0 Å². The number of benzene rings is 1. The van der Waals surface area contributed by atoms with Crippen molar-refractivity contribution >= 4 is 33.8 Å². The molecule has 1 aliphatic carbocycles. The molecule has 2 fully saturated rings. The van der Waals surface area contributed by atoms with Gasteiger partial charge in [-0.2, -0.15) is 10.1 Å². The molecule has 1 aromatic heterocycles. The van der Waals surface area contributed by atoms with E-state index >= 15 is 0 Å². The highest BCUT2D eigenvalue weighted by atomic mass is 79.9. The van der Waals surface area contributed by atoms with Crippen molar-refractivity contribution in [3.05, 3.63) is 40.5 Å². The minimum atomic E-state index is -0.895. The molecular weight excluding hydrogens is 426 g/mol. The van der Waals surface area contributed by atoms with Crippen molar-refractivity contribution in [2.75, 3.05) is 0 Å². The van der Waals surface area contributed by atoms with Crippen LogP contribution in [0.4, 0.5) is 4.79 Å². The molecule has 146 valence electrons. The number of amides is 4. The van der Waals surface area contributed by atoms with Gasteiger partial charge in [0.15, 0.2) is 0 Å². The van der Waals surface area contributed by atoms with E-state index in [0.29, 0.717) is 24.5 Å². The fraction of sp³-hybridized carbons (Fsp3) is 0.368. The summed E-state index contributed by atoms with van der Waals surface area (Å²) in [4.78, 5) is 37.7. The van der Waals surface area contributed by atoms with E-state index in [0.717, 1.165) is 27.9 Å². The molecule has 1 aromatic carbocycles. The van der Waals surface area contributed by atoms with Crippen LogP contribution in [0.1, 0.15) is 43.1 Å². The lowest BCUT2D eigenvalue weighted by Gasteiger charge is -2.33. The first kappa shape index (κ1) is 18.7. The van der Waals surface area contributed by atoms with Crippen molar-refractivity contribution in [1.29, 1.82) is 0 Å². The molecule has 3 N–H and O–H groups in total. The third-order valence-electron chi connectivity index (χ3n) is 5.47. The Labute approximate surface area is 170 Å². The maximum atomic E-state index is 12.8. The molecule has 0 unspecified atom stereocenters. The van der Waals surface area contributed by atoms with Crippen LogP contribution in [-0.2, 0) is 4.79 Å². The Balaban J connectivity index is 1.47. The van der Waals surface area contributed by atoms with Crippen molar-refractivity contribution in [1.82, 2.24) is 25.9 Å². The second-order valence-electron chi connectivity index (χ2n) is 7.45. The number of H-pyrrole nitrogens is 1. The molecule has 4 amide bonds. The van der Waals surface area contributed by atoms with E-state index in [2.05, 4.69) is 43.8 Å². The zero-order valence-corrected chi connectivity index (χ0v) is 16.9. The highest BCUT2D eigenvalue weighted by molar-refractivity contribution is 9.10. The Hall–Kier alpha value is -2.68. The van der Waals surface area contributed by atoms with Gasteiger partial charge in [0.1, 0.15) is 11.2 Å². The van der Waals surface area contributed by atoms with Gasteiger partial charge in [0.05, 0.1) is 5.69 Å². The van der Waals surface area contributed by atoms with Crippen LogP contribution < -0.4 is 10.7 Å². The summed E-state index contributed by atoms with van der Waals surface area (Å²) in [6.45, 7) is 2.13. The van der Waals surface area contributed by atoms with E-state index in [1.165, 1.54) is 0 Å². The first-order chi connectivity index (χ1) is 13.4. The van der Waals surface area contributed by atoms with Crippen LogP contribution >= 0.6 is 15.9 Å². The molecule has 9 heteroatoms. The molecule has 2 aliphatic rings. The zero-order chi connectivity index (χ0) is 19.9. The van der Waals surface area contributed by atoms with Crippen LogP contribution in [0.5, 0.6) is 0 Å². The van der Waals surface area contributed by atoms with Gasteiger partial charge in [-0.15, -0.1) is 0 Å². The van der Waals surface area contributed by atoms with E-state index in [1.54, 1.807) is 6.07 Å². The van der Waals surface area contributed by atoms with Gasteiger partial charge in [0.2, 0.25) is 0 Å². The van der Waals surface area contributed by atoms with Crippen molar-refractivity contribution in [2.24, 2.45) is 5.92 Å². The quantitative estimate of drug-likeness (QED) is 0.631. The first-order valence-corrected chi connectivity index (χ1v) is 9.96. The average molecular weight is 446 g/mol. The zero-order valence-electron chi connectivity index (χ0n) is 15.3. The van der Waals surface area contributed by atoms with Crippen molar-refractivity contribution in [2.45, 2.75) is 38.1 Å². The molecule has 0 radical (unpaired) electrons. The Morgan fingerprint density at radius 2 is 1.93 bits per heavy atom. The Morgan fingerprint density at radius 1 is 1.25 bits per heavy atom. The SMILES string of the molecule is CC1CCC2(CC1)NC(=O)N(NC(=O)c1cc(-c3ccc(Br)cc3)n[nH]1)C2=O. The van der Waals surface area contributed by atoms with Crippen molar-refractivity contribution in [3.63, 3.8) is 0 Å². The monoisotopic (exact) mass is 445 g/mol. The number of carbonyl (C=O) groups is 3. The van der Waals surface area contributed by atoms with Gasteiger partial charge < -0.3 is 5.32 Å². The highest BCUT2D eigenvalue weighted by Crippen LogP contribution is 2.35. The molecule has 1 spiro atoms. The van der Waals surface area contributed by atoms with Gasteiger partial charge in [-0.25, -0.2) is 4.79 Å². The molecule has 4 rings (SSSR count). The molecule has 28 heavy (non-hydrogen) atoms. The molecular formula is C19H20BrN5O3. The molecule has 8 nitrogen and oxygen atoms in total. The van der Waals surface area contributed by atoms with Gasteiger partial charge in [0, 0.05) is 10.0 Å². The van der Waals surface area contributed by atoms with E-state index in [-0.39, 0.29) is 5.69 Å². The molecule has 2 heterocycles. The number of imide groups is 1. The lowest BCUT2D eigenvalue weighted by Crippen LogP contribution is -2.51. The number of aromatic amines is 1. The summed E-state index contributed by atoms with van der Waals surface area (Å²) in [5, 5.41) is 10.4. The number of hydrogen-bond acceptors (Lipinski definition) is 4. The van der Waals surface area contributed by atoms with E-state index in [9.17, 15) is 14.4 Å². The topological polar surface area (TPSA) is 107 Å². The van der Waals surface area contributed by atoms with E-state index in [1.807, 2.05) is 24.3 Å². The number of nitrogens with zero attached hydrogens (tertiary/aromatic N) is 2. The van der Waals surface area contributed by atoms with E-state index < -0.39 is 23.4 Å². The van der Waals surface area contributed by atoms with E-state index in [4.69, 9.17) is 0 Å². The largest absolute Gasteiger partial charge is 0.344 e. The normalized spacial score (nSPS) is 24.5. The standard InChI is InChI=1S/C19H20BrN5O3/c1-11-6-8-19(9-7-11)17(27)25(18(28)21-19)24-16(26)15-10-14(22-23-15)12-2-4-13(20)5-3-12/h2-5,10-11H,6-9H2,1H3,(H,21,28)(H,22,23)(H,24,26). The van der Waals surface area contributed by atoms with Crippen LogP contribution in [0.2, 0.25) is 0 Å². The lowest BCUT2D eigenvalue weighted by atomic mass is 9.77. The van der Waals surface area contributed by atoms with Crippen molar-refractivity contribution in [3.8, 4) is 11.3 Å². The molecule has 1 aliphatic heterocycles. The summed E-state index contributed by atoms with van der Waals surface area (Å²) < 4.78 is 0.939. The maximum absolute atomic E-state index is 12.8. The summed E-state index contributed by atoms with van der Waals surface area (Å²) in [6.07, 6.45) is 2.90. The Bertz CT molecular complexity index is 931. The number of urea groups is 1. The average Bonchev–Trinajstić information content (AvgIpc) is 3.25. The number of halogens is 1. The second kappa shape index (κ2) is 7.05. The van der Waals surface area contributed by atoms with Crippen LogP contribution in [0, 0.1) is 5.92 Å². The summed E-state index contributed by atoms with van der Waals surface area (Å²) in [6, 6.07) is 8.47. The predicted molar refractivity (Wildman–Crippen MR) is 105 cm³/mol. The van der Waals surface area contributed by atoms with Crippen molar-refractivity contribution < 1.29 is 14.4 Å². The summed E-state index contributed by atoms with van der Waals surface area (Å²) >= 11 is 3.37. The number of hydrogen-bond donors (Lipinski definition) is 3. The Morgan fingerprint density at radius 3 is 2.61 bits per heavy atom. The molecule has 2 aromatic rings. The van der Waals surface area contributed by atoms with Crippen LogP contribution in [0.3, 0.4) is 0 Å². The third kappa shape index (κ3) is 3.30. The highest BCUT2D eigenvalue weighted by Gasteiger charge is 2.53. The lowest BCUT2D eigenvalue weighted by molar-refractivity contribution is -0.134. The summed E-state index contributed by atoms with van der Waals surface area (Å²) in [5.74, 6) is -0.466. The summed E-state index contributed by atoms with van der Waals surface area (Å²) in [7, 11) is 0. The fourth-order valence-corrected chi connectivity index (χ4v) is 3.95. The van der Waals surface area contributed by atoms with Gasteiger partial charge in [0.25, 0.3) is 11.8 Å². The minimum Gasteiger partial charge on any atom is -0.322 e. The van der Waals surface area contributed by atoms with Crippen LogP contribution in [0.15, 0.2) is 34.8 Å². The Kier molecular flexibility index (Phi) is 4.70. The van der Waals surface area contributed by atoms with Crippen LogP contribution in [-0.4, -0.2) is 38.6 Å². The number of rotatable bonds is 3. The third-order valence-corrected chi connectivity index (χ3v) is 5.99. The van der Waals surface area contributed by atoms with Gasteiger partial charge in [-0.05, 0) is 49.8 Å². The fourth-order valence-electron chi connectivity index (χ4n) is 3.68. The number of nitrogens with one attached hydrogen (secondary N) is 3. The van der Waals surface area contributed by atoms with Crippen LogP contribution in [0.25, 0.3) is 11.3 Å². The maximum Gasteiger partial charge on any atom is 0.344 e. The van der Waals surface area contributed by atoms with Gasteiger partial charge >= 0.3 is 6.03 Å². The minimum absolute atomic E-state index is 0.164. The molecule has 1 saturated carbocycles. The predicted octanol–water partition coefficient (Wildman–Crippen LogP) is 2.98. The summed E-state index contributed by atoms with van der Waals surface area (Å²) in [5.41, 5.74) is 3.10. The molecule has 1 saturated heterocycles. The number of hydrazine groups is 1. The smallest absolute Gasteiger partial charge is 0.322 e. The molecule has 0 bridgehead atoms. The van der Waals surface area contributed by atoms with Gasteiger partial charge in [-0.3, -0.25) is 20.1 Å². The first-order valence-electron chi connectivity index (χ1n) is 9.17. The molecule has 0 atom stereocenters.